The number of rotatable bonds is 4. The summed E-state index contributed by atoms with van der Waals surface area (Å²) < 4.78 is 0. The van der Waals surface area contributed by atoms with Crippen LogP contribution < -0.4 is 0 Å². The first kappa shape index (κ1) is 12.3. The van der Waals surface area contributed by atoms with E-state index in [0.717, 1.165) is 12.0 Å². The number of thiophene rings is 1. The van der Waals surface area contributed by atoms with Crippen LogP contribution in [0.5, 0.6) is 0 Å². The molecule has 88 valence electrons. The molecule has 0 atom stereocenters. The van der Waals surface area contributed by atoms with Crippen LogP contribution >= 0.6 is 22.9 Å². The second kappa shape index (κ2) is 5.48. The molecule has 0 amide bonds. The molecule has 0 aliphatic rings. The quantitative estimate of drug-likeness (QED) is 0.742. The molecule has 0 fully saturated rings. The van der Waals surface area contributed by atoms with Crippen molar-refractivity contribution in [2.45, 2.75) is 19.8 Å². The maximum absolute atomic E-state index is 12.0. The lowest BCUT2D eigenvalue weighted by Gasteiger charge is -2.03. The molecule has 0 aliphatic heterocycles. The molecule has 0 aliphatic carbocycles. The van der Waals surface area contributed by atoms with Gasteiger partial charge in [-0.2, -0.15) is 0 Å². The fraction of sp³-hybridized carbons (Fsp3) is 0.214. The summed E-state index contributed by atoms with van der Waals surface area (Å²) >= 11 is 7.63. The van der Waals surface area contributed by atoms with Gasteiger partial charge in [0.15, 0.2) is 5.78 Å². The van der Waals surface area contributed by atoms with E-state index in [-0.39, 0.29) is 5.78 Å². The van der Waals surface area contributed by atoms with Crippen LogP contribution in [0, 0.1) is 6.92 Å². The van der Waals surface area contributed by atoms with Crippen molar-refractivity contribution in [2.24, 2.45) is 0 Å². The second-order valence-corrected chi connectivity index (χ2v) is 5.49. The number of halogens is 1. The molecule has 2 aromatic rings. The van der Waals surface area contributed by atoms with Gasteiger partial charge in [0.2, 0.25) is 0 Å². The van der Waals surface area contributed by atoms with Crippen molar-refractivity contribution in [2.75, 3.05) is 0 Å². The zero-order valence-corrected chi connectivity index (χ0v) is 11.1. The number of carbonyl (C=O) groups excluding carboxylic acids is 1. The molecule has 0 unspecified atom stereocenters. The van der Waals surface area contributed by atoms with Gasteiger partial charge in [0.05, 0.1) is 0 Å². The molecule has 0 saturated carbocycles. The minimum Gasteiger partial charge on any atom is -0.294 e. The van der Waals surface area contributed by atoms with Crippen LogP contribution in [0.25, 0.3) is 0 Å². The van der Waals surface area contributed by atoms with Gasteiger partial charge < -0.3 is 0 Å². The molecule has 1 nitrogen and oxygen atoms in total. The minimum atomic E-state index is 0.156. The van der Waals surface area contributed by atoms with Gasteiger partial charge in [0, 0.05) is 21.9 Å². The van der Waals surface area contributed by atoms with Crippen LogP contribution in [0.3, 0.4) is 0 Å². The minimum absolute atomic E-state index is 0.156. The molecule has 1 aromatic heterocycles. The number of hydrogen-bond donors (Lipinski definition) is 0. The van der Waals surface area contributed by atoms with Gasteiger partial charge in [0.1, 0.15) is 0 Å². The van der Waals surface area contributed by atoms with Crippen molar-refractivity contribution in [3.63, 3.8) is 0 Å². The van der Waals surface area contributed by atoms with E-state index in [1.807, 2.05) is 30.5 Å². The fourth-order valence-corrected chi connectivity index (χ4v) is 2.73. The van der Waals surface area contributed by atoms with Gasteiger partial charge in [0.25, 0.3) is 0 Å². The summed E-state index contributed by atoms with van der Waals surface area (Å²) in [7, 11) is 0. The van der Waals surface area contributed by atoms with Crippen LogP contribution in [-0.4, -0.2) is 5.78 Å². The number of ketones is 1. The third-order valence-electron chi connectivity index (χ3n) is 2.54. The highest BCUT2D eigenvalue weighted by Gasteiger charge is 2.08. The molecule has 1 heterocycles. The van der Waals surface area contributed by atoms with Gasteiger partial charge in [-0.15, -0.1) is 11.3 Å². The van der Waals surface area contributed by atoms with E-state index in [9.17, 15) is 4.79 Å². The second-order valence-electron chi connectivity index (χ2n) is 4.02. The Labute approximate surface area is 110 Å². The maximum atomic E-state index is 12.0. The third kappa shape index (κ3) is 3.42. The molecule has 0 radical (unpaired) electrons. The highest BCUT2D eigenvalue weighted by Crippen LogP contribution is 2.18. The predicted octanol–water partition coefficient (Wildman–Crippen LogP) is 4.53. The summed E-state index contributed by atoms with van der Waals surface area (Å²) in [5.41, 5.74) is 1.74. The molecule has 17 heavy (non-hydrogen) atoms. The molecular formula is C14H13ClOS. The van der Waals surface area contributed by atoms with Crippen molar-refractivity contribution in [1.29, 1.82) is 0 Å². The molecule has 0 bridgehead atoms. The van der Waals surface area contributed by atoms with E-state index < -0.39 is 0 Å². The summed E-state index contributed by atoms with van der Waals surface area (Å²) in [5, 5.41) is 2.66. The van der Waals surface area contributed by atoms with Gasteiger partial charge in [-0.3, -0.25) is 4.79 Å². The van der Waals surface area contributed by atoms with E-state index in [1.54, 1.807) is 17.4 Å². The van der Waals surface area contributed by atoms with Crippen LogP contribution in [0.4, 0.5) is 0 Å². The monoisotopic (exact) mass is 264 g/mol. The van der Waals surface area contributed by atoms with Gasteiger partial charge in [-0.1, -0.05) is 17.7 Å². The molecule has 1 aromatic carbocycles. The van der Waals surface area contributed by atoms with Crippen molar-refractivity contribution in [3.8, 4) is 0 Å². The standard InChI is InChI=1S/C14H13ClOS/c1-10-7-11(9-12(15)8-10)14(16)5-4-13-3-2-6-17-13/h2-3,6-9H,4-5H2,1H3. The zero-order chi connectivity index (χ0) is 12.3. The predicted molar refractivity (Wildman–Crippen MR) is 73.2 cm³/mol. The molecule has 2 rings (SSSR count). The van der Waals surface area contributed by atoms with Crippen molar-refractivity contribution in [3.05, 3.63) is 56.7 Å². The normalized spacial score (nSPS) is 10.5. The number of aryl methyl sites for hydroxylation is 2. The summed E-state index contributed by atoms with van der Waals surface area (Å²) in [6.07, 6.45) is 1.35. The smallest absolute Gasteiger partial charge is 0.163 e. The Balaban J connectivity index is 2.04. The first-order valence-electron chi connectivity index (χ1n) is 5.48. The first-order valence-corrected chi connectivity index (χ1v) is 6.74. The first-order chi connectivity index (χ1) is 8.15. The topological polar surface area (TPSA) is 17.1 Å². The van der Waals surface area contributed by atoms with Crippen LogP contribution in [-0.2, 0) is 6.42 Å². The van der Waals surface area contributed by atoms with Gasteiger partial charge in [-0.25, -0.2) is 0 Å². The SMILES string of the molecule is Cc1cc(Cl)cc(C(=O)CCc2cccs2)c1. The Morgan fingerprint density at radius 3 is 2.82 bits per heavy atom. The highest BCUT2D eigenvalue weighted by molar-refractivity contribution is 7.09. The average Bonchev–Trinajstić information content (AvgIpc) is 2.77. The summed E-state index contributed by atoms with van der Waals surface area (Å²) in [6, 6.07) is 9.56. The lowest BCUT2D eigenvalue weighted by atomic mass is 10.0. The van der Waals surface area contributed by atoms with Gasteiger partial charge in [-0.05, 0) is 48.6 Å². The summed E-state index contributed by atoms with van der Waals surface area (Å²) in [5.74, 6) is 0.156. The van der Waals surface area contributed by atoms with E-state index in [2.05, 4.69) is 6.07 Å². The van der Waals surface area contributed by atoms with Crippen LogP contribution in [0.1, 0.15) is 27.2 Å². The van der Waals surface area contributed by atoms with Crippen LogP contribution in [0.2, 0.25) is 5.02 Å². The number of carbonyl (C=O) groups is 1. The maximum Gasteiger partial charge on any atom is 0.163 e. The van der Waals surface area contributed by atoms with E-state index in [0.29, 0.717) is 17.0 Å². The summed E-state index contributed by atoms with van der Waals surface area (Å²) in [4.78, 5) is 13.2. The van der Waals surface area contributed by atoms with E-state index in [1.165, 1.54) is 4.88 Å². The number of benzene rings is 1. The lowest BCUT2D eigenvalue weighted by Crippen LogP contribution is -2.01. The molecule has 3 heteroatoms. The third-order valence-corrected chi connectivity index (χ3v) is 3.70. The van der Waals surface area contributed by atoms with Crippen LogP contribution in [0.15, 0.2) is 35.7 Å². The zero-order valence-electron chi connectivity index (χ0n) is 9.57. The molecular weight excluding hydrogens is 252 g/mol. The Morgan fingerprint density at radius 2 is 2.18 bits per heavy atom. The van der Waals surface area contributed by atoms with Gasteiger partial charge >= 0.3 is 0 Å². The summed E-state index contributed by atoms with van der Waals surface area (Å²) in [6.45, 7) is 1.95. The highest BCUT2D eigenvalue weighted by atomic mass is 35.5. The molecule has 0 saturated heterocycles. The lowest BCUT2D eigenvalue weighted by molar-refractivity contribution is 0.0983. The van der Waals surface area contributed by atoms with Crippen molar-refractivity contribution in [1.82, 2.24) is 0 Å². The number of hydrogen-bond acceptors (Lipinski definition) is 2. The fourth-order valence-electron chi connectivity index (χ4n) is 1.73. The Hall–Kier alpha value is -1.12. The number of Topliss-reactive ketones (excluding diaryl/α,β-unsaturated/α-hetero) is 1. The largest absolute Gasteiger partial charge is 0.294 e. The Bertz CT molecular complexity index is 497. The molecule has 0 spiro atoms. The van der Waals surface area contributed by atoms with Crippen molar-refractivity contribution < 1.29 is 4.79 Å². The van der Waals surface area contributed by atoms with E-state index >= 15 is 0 Å². The molecule has 0 N–H and O–H groups in total. The average molecular weight is 265 g/mol. The van der Waals surface area contributed by atoms with E-state index in [4.69, 9.17) is 11.6 Å². The Morgan fingerprint density at radius 1 is 1.35 bits per heavy atom. The Kier molecular flexibility index (Phi) is 3.97. The van der Waals surface area contributed by atoms with Crippen molar-refractivity contribution >= 4 is 28.7 Å².